The monoisotopic (exact) mass is 314 g/mol. The van der Waals surface area contributed by atoms with Crippen LogP contribution in [0.2, 0.25) is 0 Å². The molecule has 0 atom stereocenters. The Morgan fingerprint density at radius 1 is 1.14 bits per heavy atom. The third-order valence-corrected chi connectivity index (χ3v) is 4.42. The Hall–Kier alpha value is -2.04. The molecular formula is C16H11ClN2OS. The molecule has 2 aromatic carbocycles. The Morgan fingerprint density at radius 3 is 2.90 bits per heavy atom. The number of benzene rings is 2. The largest absolute Gasteiger partial charge is 0.437 e. The summed E-state index contributed by atoms with van der Waals surface area (Å²) in [5.41, 5.74) is 0.876. The molecular weight excluding hydrogens is 304 g/mol. The number of ether oxygens (including phenoxy) is 1. The molecule has 0 amide bonds. The number of halogens is 1. The van der Waals surface area contributed by atoms with E-state index in [9.17, 15) is 0 Å². The molecule has 2 aromatic heterocycles. The Morgan fingerprint density at radius 2 is 2.00 bits per heavy atom. The van der Waals surface area contributed by atoms with Crippen LogP contribution in [0.3, 0.4) is 0 Å². The highest BCUT2D eigenvalue weighted by molar-refractivity contribution is 7.15. The number of aromatic nitrogens is 2. The van der Waals surface area contributed by atoms with Gasteiger partial charge in [-0.15, -0.1) is 22.9 Å². The summed E-state index contributed by atoms with van der Waals surface area (Å²) in [6.45, 7) is 0. The van der Waals surface area contributed by atoms with Crippen LogP contribution in [-0.4, -0.2) is 9.38 Å². The summed E-state index contributed by atoms with van der Waals surface area (Å²) < 4.78 is 8.02. The standard InChI is InChI=1S/C16H11ClN2OS/c17-10-13-15(18-16-19(13)8-9-21-16)20-14-7-3-5-11-4-1-2-6-12(11)14/h1-9H,10H2. The molecule has 0 unspecified atom stereocenters. The van der Waals surface area contributed by atoms with Crippen LogP contribution in [0.15, 0.2) is 54.0 Å². The van der Waals surface area contributed by atoms with E-state index in [1.807, 2.05) is 46.3 Å². The first-order valence-electron chi connectivity index (χ1n) is 6.53. The van der Waals surface area contributed by atoms with Gasteiger partial charge in [-0.2, -0.15) is 4.98 Å². The van der Waals surface area contributed by atoms with Crippen LogP contribution in [0.5, 0.6) is 11.6 Å². The quantitative estimate of drug-likeness (QED) is 0.493. The zero-order chi connectivity index (χ0) is 14.2. The fourth-order valence-corrected chi connectivity index (χ4v) is 3.37. The molecule has 104 valence electrons. The molecule has 5 heteroatoms. The maximum absolute atomic E-state index is 6.06. The molecule has 0 saturated heterocycles. The average Bonchev–Trinajstić information content (AvgIpc) is 3.08. The number of rotatable bonds is 3. The van der Waals surface area contributed by atoms with Gasteiger partial charge in [-0.1, -0.05) is 36.4 Å². The number of fused-ring (bicyclic) bond motifs is 2. The first kappa shape index (κ1) is 12.7. The van der Waals surface area contributed by atoms with Gasteiger partial charge >= 0.3 is 0 Å². The summed E-state index contributed by atoms with van der Waals surface area (Å²) in [6.07, 6.45) is 1.96. The summed E-state index contributed by atoms with van der Waals surface area (Å²) >= 11 is 7.62. The molecule has 0 spiro atoms. The van der Waals surface area contributed by atoms with Crippen LogP contribution < -0.4 is 4.74 Å². The van der Waals surface area contributed by atoms with E-state index >= 15 is 0 Å². The van der Waals surface area contributed by atoms with Gasteiger partial charge in [0.1, 0.15) is 11.4 Å². The van der Waals surface area contributed by atoms with Gasteiger partial charge < -0.3 is 4.74 Å². The Kier molecular flexibility index (Phi) is 3.05. The molecule has 4 rings (SSSR count). The summed E-state index contributed by atoms with van der Waals surface area (Å²) in [5.74, 6) is 1.73. The van der Waals surface area contributed by atoms with Crippen LogP contribution in [-0.2, 0) is 5.88 Å². The van der Waals surface area contributed by atoms with Crippen molar-refractivity contribution in [3.63, 3.8) is 0 Å². The molecule has 0 N–H and O–H groups in total. The number of hydrogen-bond donors (Lipinski definition) is 0. The van der Waals surface area contributed by atoms with E-state index in [1.54, 1.807) is 11.3 Å². The van der Waals surface area contributed by atoms with E-state index in [0.717, 1.165) is 27.2 Å². The third-order valence-electron chi connectivity index (χ3n) is 3.41. The van der Waals surface area contributed by atoms with Crippen LogP contribution in [0.25, 0.3) is 15.7 Å². The highest BCUT2D eigenvalue weighted by Crippen LogP contribution is 2.33. The zero-order valence-electron chi connectivity index (χ0n) is 11.0. The van der Waals surface area contributed by atoms with Gasteiger partial charge in [-0.25, -0.2) is 0 Å². The maximum Gasteiger partial charge on any atom is 0.243 e. The molecule has 0 aliphatic rings. The van der Waals surface area contributed by atoms with Gasteiger partial charge in [0.2, 0.25) is 5.88 Å². The van der Waals surface area contributed by atoms with Crippen molar-refractivity contribution < 1.29 is 4.74 Å². The summed E-state index contributed by atoms with van der Waals surface area (Å²) in [5, 5.41) is 4.19. The second-order valence-corrected chi connectivity index (χ2v) is 5.77. The Bertz CT molecular complexity index is 923. The van der Waals surface area contributed by atoms with E-state index in [-0.39, 0.29) is 0 Å². The smallest absolute Gasteiger partial charge is 0.243 e. The summed E-state index contributed by atoms with van der Waals surface area (Å²) in [7, 11) is 0. The second kappa shape index (κ2) is 5.06. The molecule has 0 bridgehead atoms. The molecule has 21 heavy (non-hydrogen) atoms. The molecule has 4 aromatic rings. The van der Waals surface area contributed by atoms with Gasteiger partial charge in [0.25, 0.3) is 0 Å². The van der Waals surface area contributed by atoms with Crippen molar-refractivity contribution in [1.82, 2.24) is 9.38 Å². The van der Waals surface area contributed by atoms with Crippen LogP contribution in [0.1, 0.15) is 5.69 Å². The van der Waals surface area contributed by atoms with E-state index in [0.29, 0.717) is 11.8 Å². The maximum atomic E-state index is 6.06. The van der Waals surface area contributed by atoms with Crippen molar-refractivity contribution in [3.05, 3.63) is 59.7 Å². The SMILES string of the molecule is ClCc1c(Oc2cccc3ccccc23)nc2sccn12. The van der Waals surface area contributed by atoms with Crippen molar-refractivity contribution >= 4 is 38.7 Å². The predicted molar refractivity (Wildman–Crippen MR) is 86.6 cm³/mol. The van der Waals surface area contributed by atoms with Crippen LogP contribution >= 0.6 is 22.9 Å². The summed E-state index contributed by atoms with van der Waals surface area (Å²) in [4.78, 5) is 5.41. The van der Waals surface area contributed by atoms with Crippen molar-refractivity contribution in [2.75, 3.05) is 0 Å². The molecule has 0 aliphatic heterocycles. The van der Waals surface area contributed by atoms with Crippen LogP contribution in [0.4, 0.5) is 0 Å². The molecule has 2 heterocycles. The highest BCUT2D eigenvalue weighted by atomic mass is 35.5. The van der Waals surface area contributed by atoms with Gasteiger partial charge in [-0.3, -0.25) is 4.40 Å². The van der Waals surface area contributed by atoms with Gasteiger partial charge in [0.15, 0.2) is 4.96 Å². The predicted octanol–water partition coefficient (Wildman–Crippen LogP) is 5.08. The van der Waals surface area contributed by atoms with Gasteiger partial charge in [-0.05, 0) is 11.5 Å². The van der Waals surface area contributed by atoms with E-state index in [4.69, 9.17) is 16.3 Å². The van der Waals surface area contributed by atoms with Crippen molar-refractivity contribution in [2.24, 2.45) is 0 Å². The lowest BCUT2D eigenvalue weighted by molar-refractivity contribution is 0.467. The Balaban J connectivity index is 1.84. The topological polar surface area (TPSA) is 26.5 Å². The van der Waals surface area contributed by atoms with Crippen LogP contribution in [0, 0.1) is 0 Å². The number of hydrogen-bond acceptors (Lipinski definition) is 3. The lowest BCUT2D eigenvalue weighted by Gasteiger charge is -2.07. The van der Waals surface area contributed by atoms with Crippen molar-refractivity contribution in [2.45, 2.75) is 5.88 Å². The first-order valence-corrected chi connectivity index (χ1v) is 7.94. The molecule has 0 aliphatic carbocycles. The number of alkyl halides is 1. The lowest BCUT2D eigenvalue weighted by atomic mass is 10.1. The number of thiazole rings is 1. The fraction of sp³-hybridized carbons (Fsp3) is 0.0625. The molecule has 0 radical (unpaired) electrons. The first-order chi connectivity index (χ1) is 10.4. The molecule has 0 fully saturated rings. The number of imidazole rings is 1. The molecule has 3 nitrogen and oxygen atoms in total. The highest BCUT2D eigenvalue weighted by Gasteiger charge is 2.15. The normalized spacial score (nSPS) is 11.3. The Labute approximate surface area is 130 Å². The average molecular weight is 315 g/mol. The second-order valence-electron chi connectivity index (χ2n) is 4.63. The van der Waals surface area contributed by atoms with E-state index in [1.165, 1.54) is 0 Å². The lowest BCUT2D eigenvalue weighted by Crippen LogP contribution is -1.91. The van der Waals surface area contributed by atoms with E-state index < -0.39 is 0 Å². The van der Waals surface area contributed by atoms with Crippen molar-refractivity contribution in [3.8, 4) is 11.6 Å². The van der Waals surface area contributed by atoms with Gasteiger partial charge in [0.05, 0.1) is 5.88 Å². The third kappa shape index (κ3) is 2.07. The minimum atomic E-state index is 0.359. The zero-order valence-corrected chi connectivity index (χ0v) is 12.6. The summed E-state index contributed by atoms with van der Waals surface area (Å²) in [6, 6.07) is 14.1. The van der Waals surface area contributed by atoms with Crippen molar-refractivity contribution in [1.29, 1.82) is 0 Å². The fourth-order valence-electron chi connectivity index (χ4n) is 2.40. The number of nitrogens with zero attached hydrogens (tertiary/aromatic N) is 2. The van der Waals surface area contributed by atoms with E-state index in [2.05, 4.69) is 17.1 Å². The minimum Gasteiger partial charge on any atom is -0.437 e. The molecule has 0 saturated carbocycles. The minimum absolute atomic E-state index is 0.359. The van der Waals surface area contributed by atoms with Gasteiger partial charge in [0, 0.05) is 17.0 Å².